The SMILES string of the molecule is Cc1nn(Cc2ccccc2)c(C)c1/C=C1\C(=O)N(Cc2ccc3c(c2)OCO3)C(=O)c2ccccc21. The molecule has 37 heavy (non-hydrogen) atoms. The number of carbonyl (C=O) groups is 2. The topological polar surface area (TPSA) is 73.7 Å². The van der Waals surface area contributed by atoms with E-state index in [0.29, 0.717) is 34.7 Å². The molecular formula is C30H25N3O4. The number of hydrogen-bond donors (Lipinski definition) is 0. The second-order valence-corrected chi connectivity index (χ2v) is 9.22. The lowest BCUT2D eigenvalue weighted by molar-refractivity contribution is -0.123. The maximum absolute atomic E-state index is 13.8. The van der Waals surface area contributed by atoms with E-state index in [1.807, 2.05) is 73.1 Å². The standard InChI is InChI=1S/C30H25N3O4/c1-19-25(20(2)33(31-19)17-21-8-4-3-5-9-21)15-26-23-10-6-7-11-24(23)29(34)32(30(26)35)16-22-12-13-27-28(14-22)37-18-36-27/h3-15H,16-18H2,1-2H3/b26-15-. The first-order valence-electron chi connectivity index (χ1n) is 12.1. The Morgan fingerprint density at radius 1 is 0.811 bits per heavy atom. The van der Waals surface area contributed by atoms with Crippen molar-refractivity contribution in [3.63, 3.8) is 0 Å². The van der Waals surface area contributed by atoms with Gasteiger partial charge in [-0.1, -0.05) is 54.6 Å². The van der Waals surface area contributed by atoms with Gasteiger partial charge in [0.15, 0.2) is 11.5 Å². The third-order valence-corrected chi connectivity index (χ3v) is 6.85. The van der Waals surface area contributed by atoms with E-state index >= 15 is 0 Å². The molecule has 2 aliphatic heterocycles. The highest BCUT2D eigenvalue weighted by Gasteiger charge is 2.35. The van der Waals surface area contributed by atoms with Gasteiger partial charge in [-0.15, -0.1) is 0 Å². The lowest BCUT2D eigenvalue weighted by Crippen LogP contribution is -2.41. The number of aryl methyl sites for hydroxylation is 1. The van der Waals surface area contributed by atoms with Crippen molar-refractivity contribution in [1.29, 1.82) is 0 Å². The fourth-order valence-corrected chi connectivity index (χ4v) is 4.88. The van der Waals surface area contributed by atoms with E-state index in [1.54, 1.807) is 12.1 Å². The molecule has 3 aromatic carbocycles. The van der Waals surface area contributed by atoms with E-state index in [2.05, 4.69) is 12.1 Å². The van der Waals surface area contributed by atoms with Crippen molar-refractivity contribution in [3.8, 4) is 11.5 Å². The van der Waals surface area contributed by atoms with Crippen molar-refractivity contribution < 1.29 is 19.1 Å². The van der Waals surface area contributed by atoms with E-state index < -0.39 is 0 Å². The first-order valence-corrected chi connectivity index (χ1v) is 12.1. The number of nitrogens with zero attached hydrogens (tertiary/aromatic N) is 3. The van der Waals surface area contributed by atoms with Crippen molar-refractivity contribution >= 4 is 23.5 Å². The molecule has 0 N–H and O–H groups in total. The molecule has 6 rings (SSSR count). The van der Waals surface area contributed by atoms with Crippen LogP contribution in [0.5, 0.6) is 11.5 Å². The number of rotatable bonds is 5. The number of benzene rings is 3. The van der Waals surface area contributed by atoms with E-state index in [-0.39, 0.29) is 25.2 Å². The van der Waals surface area contributed by atoms with Crippen LogP contribution in [0.4, 0.5) is 0 Å². The van der Waals surface area contributed by atoms with E-state index in [0.717, 1.165) is 28.1 Å². The van der Waals surface area contributed by atoms with Gasteiger partial charge in [0, 0.05) is 22.4 Å². The lowest BCUT2D eigenvalue weighted by atomic mass is 9.91. The largest absolute Gasteiger partial charge is 0.454 e. The average molecular weight is 492 g/mol. The Labute approximate surface area is 214 Å². The Hall–Kier alpha value is -4.65. The second-order valence-electron chi connectivity index (χ2n) is 9.22. The Morgan fingerprint density at radius 2 is 1.54 bits per heavy atom. The first-order chi connectivity index (χ1) is 18.0. The van der Waals surface area contributed by atoms with Crippen LogP contribution in [0.25, 0.3) is 11.6 Å². The average Bonchev–Trinajstić information content (AvgIpc) is 3.48. The summed E-state index contributed by atoms with van der Waals surface area (Å²) in [6.45, 7) is 4.87. The molecule has 0 saturated heterocycles. The van der Waals surface area contributed by atoms with Gasteiger partial charge in [-0.3, -0.25) is 19.2 Å². The summed E-state index contributed by atoms with van der Waals surface area (Å²) in [5, 5.41) is 4.74. The molecule has 0 saturated carbocycles. The molecule has 0 atom stereocenters. The number of ether oxygens (including phenoxy) is 2. The Morgan fingerprint density at radius 3 is 2.35 bits per heavy atom. The quantitative estimate of drug-likeness (QED) is 0.290. The summed E-state index contributed by atoms with van der Waals surface area (Å²) < 4.78 is 12.8. The van der Waals surface area contributed by atoms with Crippen LogP contribution in [0, 0.1) is 13.8 Å². The van der Waals surface area contributed by atoms with Crippen LogP contribution in [0.2, 0.25) is 0 Å². The summed E-state index contributed by atoms with van der Waals surface area (Å²) in [5.41, 5.74) is 6.20. The van der Waals surface area contributed by atoms with Crippen LogP contribution in [0.1, 0.15) is 44.0 Å². The minimum Gasteiger partial charge on any atom is -0.454 e. The van der Waals surface area contributed by atoms with Gasteiger partial charge in [0.25, 0.3) is 11.8 Å². The molecule has 0 aliphatic carbocycles. The highest BCUT2D eigenvalue weighted by Crippen LogP contribution is 2.35. The molecule has 7 nitrogen and oxygen atoms in total. The van der Waals surface area contributed by atoms with Crippen molar-refractivity contribution in [2.24, 2.45) is 0 Å². The summed E-state index contributed by atoms with van der Waals surface area (Å²) in [4.78, 5) is 28.5. The van der Waals surface area contributed by atoms with Crippen molar-refractivity contribution in [1.82, 2.24) is 14.7 Å². The summed E-state index contributed by atoms with van der Waals surface area (Å²) in [7, 11) is 0. The predicted octanol–water partition coefficient (Wildman–Crippen LogP) is 5.00. The maximum atomic E-state index is 13.8. The zero-order valence-corrected chi connectivity index (χ0v) is 20.6. The van der Waals surface area contributed by atoms with Gasteiger partial charge in [0.2, 0.25) is 6.79 Å². The monoisotopic (exact) mass is 491 g/mol. The molecule has 3 heterocycles. The highest BCUT2D eigenvalue weighted by molar-refractivity contribution is 6.33. The number of amides is 2. The van der Waals surface area contributed by atoms with Gasteiger partial charge in [-0.2, -0.15) is 5.10 Å². The molecule has 0 fully saturated rings. The number of hydrogen-bond acceptors (Lipinski definition) is 5. The second kappa shape index (κ2) is 9.09. The maximum Gasteiger partial charge on any atom is 0.261 e. The van der Waals surface area contributed by atoms with Gasteiger partial charge in [0.05, 0.1) is 18.8 Å². The molecule has 7 heteroatoms. The zero-order chi connectivity index (χ0) is 25.5. The van der Waals surface area contributed by atoms with Gasteiger partial charge in [-0.05, 0) is 54.8 Å². The van der Waals surface area contributed by atoms with Crippen LogP contribution in [-0.4, -0.2) is 33.3 Å². The van der Waals surface area contributed by atoms with Gasteiger partial charge >= 0.3 is 0 Å². The molecule has 4 aromatic rings. The summed E-state index contributed by atoms with van der Waals surface area (Å²) >= 11 is 0. The van der Waals surface area contributed by atoms with Crippen LogP contribution in [-0.2, 0) is 17.9 Å². The number of fused-ring (bicyclic) bond motifs is 2. The van der Waals surface area contributed by atoms with Gasteiger partial charge < -0.3 is 9.47 Å². The Kier molecular flexibility index (Phi) is 5.60. The fraction of sp³-hybridized carbons (Fsp3) is 0.167. The van der Waals surface area contributed by atoms with Crippen molar-refractivity contribution in [3.05, 3.63) is 112 Å². The molecule has 1 aromatic heterocycles. The number of carbonyl (C=O) groups excluding carboxylic acids is 2. The fourth-order valence-electron chi connectivity index (χ4n) is 4.88. The van der Waals surface area contributed by atoms with Gasteiger partial charge in [0.1, 0.15) is 0 Å². The molecule has 0 unspecified atom stereocenters. The third-order valence-electron chi connectivity index (χ3n) is 6.85. The van der Waals surface area contributed by atoms with Crippen LogP contribution in [0.15, 0.2) is 72.8 Å². The zero-order valence-electron chi connectivity index (χ0n) is 20.6. The van der Waals surface area contributed by atoms with Crippen LogP contribution < -0.4 is 9.47 Å². The molecule has 184 valence electrons. The van der Waals surface area contributed by atoms with Crippen molar-refractivity contribution in [2.75, 3.05) is 6.79 Å². The van der Waals surface area contributed by atoms with Gasteiger partial charge in [-0.25, -0.2) is 0 Å². The van der Waals surface area contributed by atoms with E-state index in [4.69, 9.17) is 14.6 Å². The van der Waals surface area contributed by atoms with E-state index in [1.165, 1.54) is 4.90 Å². The minimum absolute atomic E-state index is 0.130. The number of imide groups is 1. The highest BCUT2D eigenvalue weighted by atomic mass is 16.7. The summed E-state index contributed by atoms with van der Waals surface area (Å²) in [5.74, 6) is 0.617. The summed E-state index contributed by atoms with van der Waals surface area (Å²) in [6, 6.07) is 22.9. The summed E-state index contributed by atoms with van der Waals surface area (Å²) in [6.07, 6.45) is 1.87. The normalized spacial score (nSPS) is 15.4. The smallest absolute Gasteiger partial charge is 0.261 e. The van der Waals surface area contributed by atoms with E-state index in [9.17, 15) is 9.59 Å². The molecule has 0 spiro atoms. The Balaban J connectivity index is 1.39. The number of aromatic nitrogens is 2. The molecule has 0 radical (unpaired) electrons. The van der Waals surface area contributed by atoms with Crippen LogP contribution in [0.3, 0.4) is 0 Å². The minimum atomic E-state index is -0.337. The van der Waals surface area contributed by atoms with Crippen LogP contribution >= 0.6 is 0 Å². The third kappa shape index (κ3) is 4.08. The lowest BCUT2D eigenvalue weighted by Gasteiger charge is -2.29. The predicted molar refractivity (Wildman–Crippen MR) is 139 cm³/mol. The van der Waals surface area contributed by atoms with Crippen molar-refractivity contribution in [2.45, 2.75) is 26.9 Å². The molecule has 0 bridgehead atoms. The molecule has 2 amide bonds. The molecule has 2 aliphatic rings. The molecular weight excluding hydrogens is 466 g/mol. The first kappa shape index (κ1) is 22.8. The Bertz CT molecular complexity index is 1570.